The molecule has 0 spiro atoms. The Labute approximate surface area is 171 Å². The van der Waals surface area contributed by atoms with Gasteiger partial charge in [-0.15, -0.1) is 0 Å². The van der Waals surface area contributed by atoms with E-state index in [4.69, 9.17) is 14.5 Å². The fraction of sp³-hybridized carbons (Fsp3) is 0.500. The molecule has 1 fully saturated rings. The number of aliphatic imine (C=N–C) groups is 1. The lowest BCUT2D eigenvalue weighted by Gasteiger charge is -2.27. The number of rotatable bonds is 5. The molecule has 1 saturated heterocycles. The van der Waals surface area contributed by atoms with Crippen LogP contribution < -0.4 is 4.74 Å². The van der Waals surface area contributed by atoms with Gasteiger partial charge in [-0.25, -0.2) is 4.98 Å². The lowest BCUT2D eigenvalue weighted by molar-refractivity contribution is 0.0295. The molecule has 2 aromatic rings. The Balaban J connectivity index is 1.72. The van der Waals surface area contributed by atoms with Crippen LogP contribution in [-0.4, -0.2) is 58.5 Å². The zero-order chi connectivity index (χ0) is 20.5. The predicted molar refractivity (Wildman–Crippen MR) is 111 cm³/mol. The molecule has 0 aliphatic carbocycles. The van der Waals surface area contributed by atoms with Crippen molar-refractivity contribution in [3.63, 3.8) is 0 Å². The fourth-order valence-electron chi connectivity index (χ4n) is 3.79. The van der Waals surface area contributed by atoms with Crippen LogP contribution in [0.2, 0.25) is 0 Å². The lowest BCUT2D eigenvalue weighted by atomic mass is 10.0. The molecule has 2 aliphatic rings. The van der Waals surface area contributed by atoms with Gasteiger partial charge in [0, 0.05) is 37.1 Å². The van der Waals surface area contributed by atoms with E-state index in [9.17, 15) is 4.79 Å². The van der Waals surface area contributed by atoms with Crippen molar-refractivity contribution in [1.29, 1.82) is 0 Å². The van der Waals surface area contributed by atoms with Gasteiger partial charge in [-0.2, -0.15) is 0 Å². The number of pyridine rings is 1. The van der Waals surface area contributed by atoms with Gasteiger partial charge in [0.25, 0.3) is 5.91 Å². The van der Waals surface area contributed by atoms with Gasteiger partial charge in [-0.05, 0) is 45.4 Å². The van der Waals surface area contributed by atoms with Crippen molar-refractivity contribution in [3.05, 3.63) is 46.9 Å². The Bertz CT molecular complexity index is 940. The first-order valence-corrected chi connectivity index (χ1v) is 10.2. The third-order valence-corrected chi connectivity index (χ3v) is 5.19. The quantitative estimate of drug-likeness (QED) is 0.779. The molecule has 7 nitrogen and oxygen atoms in total. The number of fused-ring (bicyclic) bond motifs is 1. The van der Waals surface area contributed by atoms with Gasteiger partial charge in [0.1, 0.15) is 5.69 Å². The van der Waals surface area contributed by atoms with E-state index in [1.165, 1.54) is 0 Å². The number of hydrogen-bond acceptors (Lipinski definition) is 5. The standard InChI is InChI=1S/C22H28N4O3/c1-14(2)26-13-17(11-18(26)22(27)25-7-9-28-10-8-25)20-19-16(12-24-20)5-6-23-21(19)29-15(3)4/h5-6,11,13-15H,7-10,12H2,1-4H3. The van der Waals surface area contributed by atoms with E-state index in [1.807, 2.05) is 41.6 Å². The Hall–Kier alpha value is -2.67. The van der Waals surface area contributed by atoms with Crippen molar-refractivity contribution in [1.82, 2.24) is 14.5 Å². The second-order valence-electron chi connectivity index (χ2n) is 8.00. The molecule has 1 amide bonds. The zero-order valence-electron chi connectivity index (χ0n) is 17.5. The smallest absolute Gasteiger partial charge is 0.270 e. The molecule has 7 heteroatoms. The molecule has 0 saturated carbocycles. The summed E-state index contributed by atoms with van der Waals surface area (Å²) in [5.41, 5.74) is 4.49. The Morgan fingerprint density at radius 2 is 1.97 bits per heavy atom. The van der Waals surface area contributed by atoms with Crippen LogP contribution in [0.3, 0.4) is 0 Å². The molecular weight excluding hydrogens is 368 g/mol. The van der Waals surface area contributed by atoms with Crippen LogP contribution in [0.5, 0.6) is 5.88 Å². The van der Waals surface area contributed by atoms with Gasteiger partial charge in [-0.1, -0.05) is 0 Å². The highest BCUT2D eigenvalue weighted by Gasteiger charge is 2.28. The maximum atomic E-state index is 13.2. The van der Waals surface area contributed by atoms with Crippen molar-refractivity contribution in [2.45, 2.75) is 46.4 Å². The van der Waals surface area contributed by atoms with Crippen LogP contribution in [-0.2, 0) is 11.3 Å². The van der Waals surface area contributed by atoms with Crippen molar-refractivity contribution >= 4 is 11.6 Å². The maximum absolute atomic E-state index is 13.2. The summed E-state index contributed by atoms with van der Waals surface area (Å²) in [6.45, 7) is 11.2. The molecule has 0 atom stereocenters. The average molecular weight is 396 g/mol. The summed E-state index contributed by atoms with van der Waals surface area (Å²) in [6.07, 6.45) is 3.81. The van der Waals surface area contributed by atoms with Crippen molar-refractivity contribution in [2.75, 3.05) is 26.3 Å². The van der Waals surface area contributed by atoms with Gasteiger partial charge in [-0.3, -0.25) is 9.79 Å². The minimum absolute atomic E-state index is 0.0228. The highest BCUT2D eigenvalue weighted by molar-refractivity contribution is 6.17. The number of ether oxygens (including phenoxy) is 2. The first kappa shape index (κ1) is 19.6. The molecule has 0 radical (unpaired) electrons. The summed E-state index contributed by atoms with van der Waals surface area (Å²) in [6, 6.07) is 4.10. The minimum atomic E-state index is 0.0228. The van der Waals surface area contributed by atoms with E-state index in [0.29, 0.717) is 44.4 Å². The van der Waals surface area contributed by atoms with Gasteiger partial charge in [0.05, 0.1) is 37.1 Å². The maximum Gasteiger partial charge on any atom is 0.270 e. The number of morpholine rings is 1. The number of nitrogens with zero attached hydrogens (tertiary/aromatic N) is 4. The monoisotopic (exact) mass is 396 g/mol. The van der Waals surface area contributed by atoms with Crippen LogP contribution in [0.1, 0.15) is 60.9 Å². The van der Waals surface area contributed by atoms with E-state index in [2.05, 4.69) is 18.8 Å². The van der Waals surface area contributed by atoms with E-state index < -0.39 is 0 Å². The highest BCUT2D eigenvalue weighted by Crippen LogP contribution is 2.31. The second-order valence-corrected chi connectivity index (χ2v) is 8.00. The molecular formula is C22H28N4O3. The van der Waals surface area contributed by atoms with Crippen molar-refractivity contribution in [2.24, 2.45) is 4.99 Å². The number of carbonyl (C=O) groups excluding carboxylic acids is 1. The molecule has 0 bridgehead atoms. The minimum Gasteiger partial charge on any atom is -0.474 e. The molecule has 0 aromatic carbocycles. The summed E-state index contributed by atoms with van der Waals surface area (Å²) in [4.78, 5) is 24.3. The zero-order valence-corrected chi connectivity index (χ0v) is 17.5. The molecule has 4 heterocycles. The van der Waals surface area contributed by atoms with Gasteiger partial charge in [0.2, 0.25) is 5.88 Å². The van der Waals surface area contributed by atoms with Crippen molar-refractivity contribution in [3.8, 4) is 5.88 Å². The second kappa shape index (κ2) is 7.99. The molecule has 4 rings (SSSR count). The van der Waals surface area contributed by atoms with Crippen LogP contribution in [0.15, 0.2) is 29.5 Å². The highest BCUT2D eigenvalue weighted by atomic mass is 16.5. The van der Waals surface area contributed by atoms with Crippen LogP contribution in [0.25, 0.3) is 0 Å². The number of hydrogen-bond donors (Lipinski definition) is 0. The average Bonchev–Trinajstić information content (AvgIpc) is 3.32. The lowest BCUT2D eigenvalue weighted by Crippen LogP contribution is -2.41. The number of carbonyl (C=O) groups is 1. The molecule has 29 heavy (non-hydrogen) atoms. The van der Waals surface area contributed by atoms with E-state index in [1.54, 1.807) is 6.20 Å². The Morgan fingerprint density at radius 1 is 1.21 bits per heavy atom. The summed E-state index contributed by atoms with van der Waals surface area (Å²) in [5.74, 6) is 0.643. The fourth-order valence-corrected chi connectivity index (χ4v) is 3.79. The van der Waals surface area contributed by atoms with Gasteiger partial charge in [0.15, 0.2) is 0 Å². The normalized spacial score (nSPS) is 16.3. The first-order valence-electron chi connectivity index (χ1n) is 10.2. The van der Waals surface area contributed by atoms with Crippen LogP contribution >= 0.6 is 0 Å². The summed E-state index contributed by atoms with van der Waals surface area (Å²) < 4.78 is 13.4. The van der Waals surface area contributed by atoms with Crippen LogP contribution in [0.4, 0.5) is 0 Å². The third-order valence-electron chi connectivity index (χ3n) is 5.19. The molecule has 0 unspecified atom stereocenters. The van der Waals surface area contributed by atoms with E-state index in [0.717, 1.165) is 22.4 Å². The summed E-state index contributed by atoms with van der Waals surface area (Å²) >= 11 is 0. The SMILES string of the molecule is CC(C)Oc1nccc2c1C(c1cc(C(=O)N3CCOCC3)n(C(C)C)c1)=NC2. The van der Waals surface area contributed by atoms with Gasteiger partial charge >= 0.3 is 0 Å². The van der Waals surface area contributed by atoms with E-state index in [-0.39, 0.29) is 18.1 Å². The molecule has 2 aromatic heterocycles. The number of aromatic nitrogens is 2. The Kier molecular flexibility index (Phi) is 5.41. The van der Waals surface area contributed by atoms with Crippen molar-refractivity contribution < 1.29 is 14.3 Å². The molecule has 2 aliphatic heterocycles. The van der Waals surface area contributed by atoms with E-state index >= 15 is 0 Å². The largest absolute Gasteiger partial charge is 0.474 e. The molecule has 0 N–H and O–H groups in total. The third kappa shape index (κ3) is 3.79. The van der Waals surface area contributed by atoms with Gasteiger partial charge < -0.3 is 18.9 Å². The molecule has 154 valence electrons. The predicted octanol–water partition coefficient (Wildman–Crippen LogP) is 3.07. The topological polar surface area (TPSA) is 68.9 Å². The number of amides is 1. The summed E-state index contributed by atoms with van der Waals surface area (Å²) in [5, 5.41) is 0. The van der Waals surface area contributed by atoms with Crippen LogP contribution in [0, 0.1) is 0 Å². The Morgan fingerprint density at radius 3 is 2.66 bits per heavy atom. The first-order chi connectivity index (χ1) is 14.0. The summed E-state index contributed by atoms with van der Waals surface area (Å²) in [7, 11) is 0.